The minimum absolute atomic E-state index is 0.472. The minimum atomic E-state index is 0.472. The van der Waals surface area contributed by atoms with Crippen LogP contribution >= 0.6 is 0 Å². The van der Waals surface area contributed by atoms with E-state index in [1.165, 1.54) is 32.1 Å². The van der Waals surface area contributed by atoms with E-state index in [1.54, 1.807) is 0 Å². The lowest BCUT2D eigenvalue weighted by molar-refractivity contribution is -0.122. The Balaban J connectivity index is 1.81. The van der Waals surface area contributed by atoms with Crippen LogP contribution in [0, 0.1) is 5.92 Å². The molecule has 0 aromatic carbocycles. The van der Waals surface area contributed by atoms with Crippen LogP contribution in [0.25, 0.3) is 0 Å². The van der Waals surface area contributed by atoms with Crippen LogP contribution in [0.4, 0.5) is 0 Å². The number of likely N-dealkylation sites (tertiary alicyclic amines) is 1. The van der Waals surface area contributed by atoms with Gasteiger partial charge < -0.3 is 4.74 Å². The van der Waals surface area contributed by atoms with Gasteiger partial charge in [-0.2, -0.15) is 0 Å². The molecular weight excluding hydrogens is 162 g/mol. The third kappa shape index (κ3) is 1.02. The van der Waals surface area contributed by atoms with Crippen LogP contribution < -0.4 is 0 Å². The summed E-state index contributed by atoms with van der Waals surface area (Å²) in [5, 5.41) is 0. The van der Waals surface area contributed by atoms with E-state index in [0.29, 0.717) is 5.54 Å². The Morgan fingerprint density at radius 1 is 1.23 bits per heavy atom. The normalized spacial score (nSPS) is 43.2. The van der Waals surface area contributed by atoms with Crippen LogP contribution in [0.2, 0.25) is 0 Å². The highest BCUT2D eigenvalue weighted by Crippen LogP contribution is 2.47. The van der Waals surface area contributed by atoms with Crippen molar-refractivity contribution in [1.29, 1.82) is 0 Å². The van der Waals surface area contributed by atoms with E-state index in [0.717, 1.165) is 25.2 Å². The van der Waals surface area contributed by atoms with Gasteiger partial charge in [0.25, 0.3) is 0 Å². The molecule has 3 aliphatic rings. The summed E-state index contributed by atoms with van der Waals surface area (Å²) in [5.74, 6) is 0.989. The van der Waals surface area contributed by atoms with Crippen molar-refractivity contribution in [3.05, 3.63) is 0 Å². The van der Waals surface area contributed by atoms with E-state index < -0.39 is 0 Å². The smallest absolute Gasteiger partial charge is 0.0681 e. The van der Waals surface area contributed by atoms with Crippen LogP contribution in [-0.2, 0) is 4.74 Å². The number of likely N-dealkylation sites (N-methyl/N-ethyl adjacent to an activating group) is 1. The Bertz CT molecular complexity index is 212. The fourth-order valence-corrected chi connectivity index (χ4v) is 3.58. The fraction of sp³-hybridized carbons (Fsp3) is 1.00. The monoisotopic (exact) mass is 181 g/mol. The number of nitrogens with zero attached hydrogens (tertiary/aromatic N) is 1. The van der Waals surface area contributed by atoms with Crippen LogP contribution in [0.15, 0.2) is 0 Å². The molecule has 1 saturated carbocycles. The maximum atomic E-state index is 5.39. The largest absolute Gasteiger partial charge is 0.377 e. The number of rotatable bonds is 0. The Labute approximate surface area is 80.2 Å². The lowest BCUT2D eigenvalue weighted by Gasteiger charge is -2.45. The van der Waals surface area contributed by atoms with Gasteiger partial charge >= 0.3 is 0 Å². The van der Waals surface area contributed by atoms with E-state index in [9.17, 15) is 0 Å². The highest BCUT2D eigenvalue weighted by molar-refractivity contribution is 5.07. The zero-order valence-electron chi connectivity index (χ0n) is 8.46. The average Bonchev–Trinajstić information content (AvgIpc) is 2.40. The van der Waals surface area contributed by atoms with Gasteiger partial charge in [0.05, 0.1) is 18.8 Å². The summed E-state index contributed by atoms with van der Waals surface area (Å²) < 4.78 is 5.39. The van der Waals surface area contributed by atoms with E-state index >= 15 is 0 Å². The van der Waals surface area contributed by atoms with Crippen LogP contribution in [0.1, 0.15) is 32.1 Å². The number of hydrogen-bond acceptors (Lipinski definition) is 2. The third-order valence-corrected chi connectivity index (χ3v) is 4.50. The first kappa shape index (κ1) is 8.25. The Kier molecular flexibility index (Phi) is 1.72. The lowest BCUT2D eigenvalue weighted by atomic mass is 9.82. The second kappa shape index (κ2) is 2.71. The van der Waals surface area contributed by atoms with Gasteiger partial charge in [-0.1, -0.05) is 12.8 Å². The molecule has 2 atom stereocenters. The summed E-state index contributed by atoms with van der Waals surface area (Å²) >= 11 is 0. The molecule has 2 heteroatoms. The molecule has 74 valence electrons. The van der Waals surface area contributed by atoms with Gasteiger partial charge in [0.1, 0.15) is 0 Å². The van der Waals surface area contributed by atoms with Crippen molar-refractivity contribution in [3.63, 3.8) is 0 Å². The first-order chi connectivity index (χ1) is 6.32. The highest BCUT2D eigenvalue weighted by atomic mass is 16.5. The van der Waals surface area contributed by atoms with Gasteiger partial charge in [-0.25, -0.2) is 0 Å². The van der Waals surface area contributed by atoms with E-state index in [2.05, 4.69) is 11.9 Å². The van der Waals surface area contributed by atoms with Gasteiger partial charge in [-0.3, -0.25) is 4.90 Å². The van der Waals surface area contributed by atoms with Gasteiger partial charge in [-0.15, -0.1) is 0 Å². The van der Waals surface area contributed by atoms with E-state index in [4.69, 9.17) is 4.74 Å². The van der Waals surface area contributed by atoms with Gasteiger partial charge in [-0.05, 0) is 32.2 Å². The van der Waals surface area contributed by atoms with Crippen molar-refractivity contribution in [1.82, 2.24) is 4.90 Å². The summed E-state index contributed by atoms with van der Waals surface area (Å²) in [7, 11) is 2.32. The molecule has 2 heterocycles. The predicted octanol–water partition coefficient (Wildman–Crippen LogP) is 1.65. The molecule has 0 radical (unpaired) electrons. The molecule has 13 heavy (non-hydrogen) atoms. The summed E-state index contributed by atoms with van der Waals surface area (Å²) in [6.45, 7) is 1.99. The SMILES string of the molecule is CN1C2CCCCC2CC12COC2. The number of ether oxygens (including phenoxy) is 1. The Morgan fingerprint density at radius 3 is 2.62 bits per heavy atom. The van der Waals surface area contributed by atoms with Crippen molar-refractivity contribution in [3.8, 4) is 0 Å². The second-order valence-electron chi connectivity index (χ2n) is 5.14. The second-order valence-corrected chi connectivity index (χ2v) is 5.14. The van der Waals surface area contributed by atoms with Crippen molar-refractivity contribution in [2.24, 2.45) is 5.92 Å². The molecule has 0 aromatic heterocycles. The molecule has 3 rings (SSSR count). The Hall–Kier alpha value is -0.0800. The topological polar surface area (TPSA) is 12.5 Å². The van der Waals surface area contributed by atoms with Gasteiger partial charge in [0.2, 0.25) is 0 Å². The zero-order valence-corrected chi connectivity index (χ0v) is 8.46. The molecule has 1 aliphatic carbocycles. The molecule has 2 saturated heterocycles. The number of hydrogen-bond donors (Lipinski definition) is 0. The molecule has 0 amide bonds. The summed E-state index contributed by atoms with van der Waals surface area (Å²) in [4.78, 5) is 2.64. The summed E-state index contributed by atoms with van der Waals surface area (Å²) in [6, 6.07) is 0.887. The first-order valence-corrected chi connectivity index (χ1v) is 5.63. The first-order valence-electron chi connectivity index (χ1n) is 5.63. The quantitative estimate of drug-likeness (QED) is 0.563. The minimum Gasteiger partial charge on any atom is -0.377 e. The third-order valence-electron chi connectivity index (χ3n) is 4.50. The molecule has 2 unspecified atom stereocenters. The van der Waals surface area contributed by atoms with Crippen molar-refractivity contribution < 1.29 is 4.74 Å². The predicted molar refractivity (Wildman–Crippen MR) is 51.7 cm³/mol. The van der Waals surface area contributed by atoms with Crippen molar-refractivity contribution >= 4 is 0 Å². The standard InChI is InChI=1S/C11H19NO/c1-12-10-5-3-2-4-9(10)6-11(12)7-13-8-11/h9-10H,2-8H2,1H3. The highest BCUT2D eigenvalue weighted by Gasteiger charge is 2.53. The molecule has 2 nitrogen and oxygen atoms in total. The number of fused-ring (bicyclic) bond motifs is 1. The van der Waals surface area contributed by atoms with Gasteiger partial charge in [0, 0.05) is 6.04 Å². The van der Waals surface area contributed by atoms with Crippen molar-refractivity contribution in [2.45, 2.75) is 43.7 Å². The molecular formula is C11H19NO. The fourth-order valence-electron chi connectivity index (χ4n) is 3.58. The van der Waals surface area contributed by atoms with E-state index in [1.807, 2.05) is 0 Å². The van der Waals surface area contributed by atoms with Crippen LogP contribution in [-0.4, -0.2) is 36.7 Å². The van der Waals surface area contributed by atoms with Crippen LogP contribution in [0.3, 0.4) is 0 Å². The maximum absolute atomic E-state index is 5.39. The summed E-state index contributed by atoms with van der Waals surface area (Å²) in [6.07, 6.45) is 7.22. The molecule has 1 spiro atoms. The summed E-state index contributed by atoms with van der Waals surface area (Å²) in [5.41, 5.74) is 0.472. The Morgan fingerprint density at radius 2 is 2.00 bits per heavy atom. The maximum Gasteiger partial charge on any atom is 0.0681 e. The van der Waals surface area contributed by atoms with Crippen LogP contribution in [0.5, 0.6) is 0 Å². The molecule has 0 bridgehead atoms. The lowest BCUT2D eigenvalue weighted by Crippen LogP contribution is -2.58. The molecule has 3 fully saturated rings. The average molecular weight is 181 g/mol. The molecule has 0 N–H and O–H groups in total. The van der Waals surface area contributed by atoms with Gasteiger partial charge in [0.15, 0.2) is 0 Å². The molecule has 0 aromatic rings. The zero-order chi connectivity index (χ0) is 8.89. The molecule has 2 aliphatic heterocycles. The van der Waals surface area contributed by atoms with Crippen molar-refractivity contribution in [2.75, 3.05) is 20.3 Å². The van der Waals surface area contributed by atoms with E-state index in [-0.39, 0.29) is 0 Å².